The molecule has 1 saturated heterocycles. The topological polar surface area (TPSA) is 71.5 Å². The number of nitrogens with two attached hydrogens (primary N) is 1. The summed E-state index contributed by atoms with van der Waals surface area (Å²) in [7, 11) is 0. The molecule has 6 heteroatoms. The molecule has 0 saturated carbocycles. The zero-order valence-electron chi connectivity index (χ0n) is 12.3. The maximum absolute atomic E-state index is 8.92. The van der Waals surface area contributed by atoms with Gasteiger partial charge in [0, 0.05) is 19.1 Å². The molecular formula is C15H20IN3O2. The molecule has 1 aromatic rings. The number of morpholine rings is 1. The van der Waals surface area contributed by atoms with Crippen LogP contribution in [0.1, 0.15) is 19.4 Å². The maximum atomic E-state index is 8.92. The molecule has 1 aromatic carbocycles. The number of ether oxygens (including phenoxy) is 2. The Morgan fingerprint density at radius 1 is 1.57 bits per heavy atom. The van der Waals surface area contributed by atoms with Crippen molar-refractivity contribution in [2.24, 2.45) is 0 Å². The second-order valence-corrected chi connectivity index (χ2v) is 6.54. The summed E-state index contributed by atoms with van der Waals surface area (Å²) in [6.07, 6.45) is 0.0481. The lowest BCUT2D eigenvalue weighted by atomic mass is 10.2. The van der Waals surface area contributed by atoms with E-state index in [1.165, 1.54) is 0 Å². The largest absolute Gasteiger partial charge is 0.488 e. The molecule has 1 unspecified atom stereocenters. The molecule has 0 bridgehead atoms. The van der Waals surface area contributed by atoms with Gasteiger partial charge in [-0.3, -0.25) is 4.90 Å². The number of halogens is 1. The first-order valence-corrected chi connectivity index (χ1v) is 8.06. The number of nitriles is 1. The lowest BCUT2D eigenvalue weighted by Gasteiger charge is -2.35. The minimum Gasteiger partial charge on any atom is -0.488 e. The molecule has 2 rings (SSSR count). The molecule has 1 fully saturated rings. The summed E-state index contributed by atoms with van der Waals surface area (Å²) < 4.78 is 12.4. The van der Waals surface area contributed by atoms with Gasteiger partial charge < -0.3 is 15.2 Å². The zero-order valence-corrected chi connectivity index (χ0v) is 14.5. The third kappa shape index (κ3) is 4.22. The highest BCUT2D eigenvalue weighted by molar-refractivity contribution is 14.1. The van der Waals surface area contributed by atoms with E-state index in [2.05, 4.69) is 47.4 Å². The summed E-state index contributed by atoms with van der Waals surface area (Å²) in [5.74, 6) is 0.639. The summed E-state index contributed by atoms with van der Waals surface area (Å²) in [5, 5.41) is 8.92. The van der Waals surface area contributed by atoms with Crippen molar-refractivity contribution in [3.63, 3.8) is 0 Å². The number of rotatable bonds is 4. The van der Waals surface area contributed by atoms with E-state index < -0.39 is 0 Å². The Bertz CT molecular complexity index is 519. The van der Waals surface area contributed by atoms with Gasteiger partial charge in [0.05, 0.1) is 27.5 Å². The van der Waals surface area contributed by atoms with Gasteiger partial charge in [0.15, 0.2) is 5.75 Å². The van der Waals surface area contributed by atoms with Crippen molar-refractivity contribution < 1.29 is 9.47 Å². The Kier molecular flexibility index (Phi) is 5.67. The van der Waals surface area contributed by atoms with Crippen LogP contribution in [0.15, 0.2) is 12.1 Å². The summed E-state index contributed by atoms with van der Waals surface area (Å²) in [6, 6.07) is 6.01. The quantitative estimate of drug-likeness (QED) is 0.619. The molecule has 114 valence electrons. The molecule has 0 spiro atoms. The third-order valence-corrected chi connectivity index (χ3v) is 4.32. The minimum absolute atomic E-state index is 0.0481. The molecule has 2 N–H and O–H groups in total. The van der Waals surface area contributed by atoms with Gasteiger partial charge >= 0.3 is 0 Å². The minimum atomic E-state index is 0.0481. The molecule has 1 aliphatic rings. The molecule has 1 atom stereocenters. The van der Waals surface area contributed by atoms with E-state index in [9.17, 15) is 0 Å². The molecule has 1 heterocycles. The van der Waals surface area contributed by atoms with Crippen LogP contribution < -0.4 is 10.5 Å². The van der Waals surface area contributed by atoms with Crippen molar-refractivity contribution in [3.05, 3.63) is 21.3 Å². The SMILES string of the molecule is CC(C)N1CCOC(COc2c(N)cc(C#N)cc2I)C1. The number of anilines is 1. The lowest BCUT2D eigenvalue weighted by Crippen LogP contribution is -2.47. The standard InChI is InChI=1S/C15H20IN3O2/c1-10(2)19-3-4-20-12(8-19)9-21-15-13(16)5-11(7-17)6-14(15)18/h5-6,10,12H,3-4,8-9,18H2,1-2H3. The van der Waals surface area contributed by atoms with Gasteiger partial charge in [-0.25, -0.2) is 0 Å². The van der Waals surface area contributed by atoms with E-state index in [1.807, 2.05) is 0 Å². The monoisotopic (exact) mass is 401 g/mol. The van der Waals surface area contributed by atoms with Crippen molar-refractivity contribution in [2.45, 2.75) is 26.0 Å². The number of hydrogen-bond donors (Lipinski definition) is 1. The Balaban J connectivity index is 1.99. The number of nitrogen functional groups attached to an aromatic ring is 1. The van der Waals surface area contributed by atoms with E-state index in [0.717, 1.165) is 23.3 Å². The first-order valence-electron chi connectivity index (χ1n) is 6.98. The summed E-state index contributed by atoms with van der Waals surface area (Å²) in [4.78, 5) is 2.38. The summed E-state index contributed by atoms with van der Waals surface area (Å²) in [5.41, 5.74) is 7.00. The van der Waals surface area contributed by atoms with Crippen LogP contribution in [0.3, 0.4) is 0 Å². The normalized spacial score (nSPS) is 19.5. The Morgan fingerprint density at radius 3 is 2.95 bits per heavy atom. The van der Waals surface area contributed by atoms with Crippen molar-refractivity contribution in [1.82, 2.24) is 4.90 Å². The van der Waals surface area contributed by atoms with E-state index in [4.69, 9.17) is 20.5 Å². The predicted molar refractivity (Wildman–Crippen MR) is 90.2 cm³/mol. The highest BCUT2D eigenvalue weighted by atomic mass is 127. The van der Waals surface area contributed by atoms with Gasteiger partial charge in [0.2, 0.25) is 0 Å². The van der Waals surface area contributed by atoms with Gasteiger partial charge in [-0.15, -0.1) is 0 Å². The molecule has 5 nitrogen and oxygen atoms in total. The highest BCUT2D eigenvalue weighted by Crippen LogP contribution is 2.30. The maximum Gasteiger partial charge on any atom is 0.155 e. The van der Waals surface area contributed by atoms with Crippen LogP contribution in [0.25, 0.3) is 0 Å². The molecule has 0 aromatic heterocycles. The van der Waals surface area contributed by atoms with E-state index in [-0.39, 0.29) is 6.10 Å². The van der Waals surface area contributed by atoms with Crippen LogP contribution in [0.2, 0.25) is 0 Å². The van der Waals surface area contributed by atoms with Crippen molar-refractivity contribution in [1.29, 1.82) is 5.26 Å². The zero-order chi connectivity index (χ0) is 15.4. The average Bonchev–Trinajstić information content (AvgIpc) is 2.46. The second-order valence-electron chi connectivity index (χ2n) is 5.38. The van der Waals surface area contributed by atoms with Gasteiger partial charge in [0.1, 0.15) is 12.7 Å². The number of nitrogens with zero attached hydrogens (tertiary/aromatic N) is 2. The fourth-order valence-electron chi connectivity index (χ4n) is 2.32. The molecule has 21 heavy (non-hydrogen) atoms. The van der Waals surface area contributed by atoms with Gasteiger partial charge in [-0.2, -0.15) is 5.26 Å². The molecule has 0 amide bonds. The van der Waals surface area contributed by atoms with Crippen LogP contribution in [0.4, 0.5) is 5.69 Å². The van der Waals surface area contributed by atoms with Crippen LogP contribution in [0, 0.1) is 14.9 Å². The molecule has 1 aliphatic heterocycles. The average molecular weight is 401 g/mol. The fourth-order valence-corrected chi connectivity index (χ4v) is 3.12. The molecular weight excluding hydrogens is 381 g/mol. The van der Waals surface area contributed by atoms with E-state index >= 15 is 0 Å². The first-order chi connectivity index (χ1) is 10.0. The predicted octanol–water partition coefficient (Wildman–Crippen LogP) is 2.23. The number of benzene rings is 1. The van der Waals surface area contributed by atoms with Gasteiger partial charge in [-0.05, 0) is 48.6 Å². The highest BCUT2D eigenvalue weighted by Gasteiger charge is 2.23. The third-order valence-electron chi connectivity index (χ3n) is 3.52. The Morgan fingerprint density at radius 2 is 2.33 bits per heavy atom. The van der Waals surface area contributed by atoms with Crippen LogP contribution in [-0.2, 0) is 4.74 Å². The Labute approximate surface area is 139 Å². The summed E-state index contributed by atoms with van der Waals surface area (Å²) >= 11 is 2.14. The van der Waals surface area contributed by atoms with E-state index in [1.54, 1.807) is 12.1 Å². The lowest BCUT2D eigenvalue weighted by molar-refractivity contribution is -0.0564. The van der Waals surface area contributed by atoms with Crippen LogP contribution in [-0.4, -0.2) is 43.3 Å². The van der Waals surface area contributed by atoms with Crippen molar-refractivity contribution in [2.75, 3.05) is 32.0 Å². The molecule has 0 aliphatic carbocycles. The molecule has 0 radical (unpaired) electrons. The fraction of sp³-hybridized carbons (Fsp3) is 0.533. The first kappa shape index (κ1) is 16.3. The summed E-state index contributed by atoms with van der Waals surface area (Å²) in [6.45, 7) is 7.40. The number of hydrogen-bond acceptors (Lipinski definition) is 5. The van der Waals surface area contributed by atoms with Crippen molar-refractivity contribution in [3.8, 4) is 11.8 Å². The van der Waals surface area contributed by atoms with Crippen molar-refractivity contribution >= 4 is 28.3 Å². The van der Waals surface area contributed by atoms with E-state index in [0.29, 0.717) is 29.6 Å². The smallest absolute Gasteiger partial charge is 0.155 e. The van der Waals surface area contributed by atoms with Gasteiger partial charge in [-0.1, -0.05) is 0 Å². The van der Waals surface area contributed by atoms with Crippen LogP contribution >= 0.6 is 22.6 Å². The second kappa shape index (κ2) is 7.29. The Hall–Kier alpha value is -1.04. The van der Waals surface area contributed by atoms with Crippen LogP contribution in [0.5, 0.6) is 5.75 Å². The van der Waals surface area contributed by atoms with Gasteiger partial charge in [0.25, 0.3) is 0 Å².